The van der Waals surface area contributed by atoms with Gasteiger partial charge in [-0.05, 0) is 67.0 Å². The molecular formula is C27H30O. The number of aryl methyl sites for hydroxylation is 1. The number of hydrogen-bond donors (Lipinski definition) is 0. The molecule has 1 nitrogen and oxygen atoms in total. The van der Waals surface area contributed by atoms with Gasteiger partial charge in [0.2, 0.25) is 0 Å². The van der Waals surface area contributed by atoms with E-state index in [1.807, 2.05) is 24.3 Å². The average molecular weight is 371 g/mol. The summed E-state index contributed by atoms with van der Waals surface area (Å²) in [6, 6.07) is 16.4. The van der Waals surface area contributed by atoms with E-state index in [1.165, 1.54) is 31.2 Å². The second-order valence-electron chi connectivity index (χ2n) is 6.75. The zero-order chi connectivity index (χ0) is 19.9. The van der Waals surface area contributed by atoms with Crippen LogP contribution in [0.3, 0.4) is 0 Å². The molecule has 0 bridgehead atoms. The molecule has 144 valence electrons. The van der Waals surface area contributed by atoms with Gasteiger partial charge in [-0.2, -0.15) is 0 Å². The predicted octanol–water partition coefficient (Wildman–Crippen LogP) is 6.56. The molecule has 28 heavy (non-hydrogen) atoms. The van der Waals surface area contributed by atoms with Gasteiger partial charge in [-0.3, -0.25) is 0 Å². The standard InChI is InChI=1S/C27H30O/c1-3-5-6-11-23-28-27-21-19-26(20-22-27)14-10-8-7-9-13-25-17-15-24(12-4-2)16-18-25/h7-8,15-22H,3-6,11-12,23H2,1-2H3/b8-7+. The minimum Gasteiger partial charge on any atom is -0.494 e. The molecule has 0 saturated carbocycles. The fourth-order valence-corrected chi connectivity index (χ4v) is 2.73. The van der Waals surface area contributed by atoms with Gasteiger partial charge in [0.25, 0.3) is 0 Å². The summed E-state index contributed by atoms with van der Waals surface area (Å²) in [6.45, 7) is 5.19. The van der Waals surface area contributed by atoms with Crippen molar-refractivity contribution in [3.05, 3.63) is 77.4 Å². The Hall–Kier alpha value is -2.90. The number of benzene rings is 2. The molecule has 0 fully saturated rings. The van der Waals surface area contributed by atoms with E-state index in [0.717, 1.165) is 36.3 Å². The van der Waals surface area contributed by atoms with E-state index in [-0.39, 0.29) is 0 Å². The van der Waals surface area contributed by atoms with Crippen molar-refractivity contribution in [1.29, 1.82) is 0 Å². The van der Waals surface area contributed by atoms with Gasteiger partial charge in [0, 0.05) is 11.1 Å². The van der Waals surface area contributed by atoms with Crippen LogP contribution in [0.1, 0.15) is 62.6 Å². The molecule has 2 rings (SSSR count). The van der Waals surface area contributed by atoms with E-state index in [1.54, 1.807) is 12.2 Å². The van der Waals surface area contributed by atoms with Crippen molar-refractivity contribution in [2.24, 2.45) is 0 Å². The van der Waals surface area contributed by atoms with Crippen LogP contribution in [0.25, 0.3) is 0 Å². The SMILES string of the molecule is CCCCCCOc1ccc(C#C/C=C/C#Cc2ccc(CCC)cc2)cc1. The second kappa shape index (κ2) is 13.3. The molecule has 0 aromatic heterocycles. The minimum atomic E-state index is 0.785. The molecule has 2 aromatic rings. The first-order chi connectivity index (χ1) is 13.8. The van der Waals surface area contributed by atoms with Crippen molar-refractivity contribution in [1.82, 2.24) is 0 Å². The molecular weight excluding hydrogens is 340 g/mol. The van der Waals surface area contributed by atoms with Crippen molar-refractivity contribution in [2.75, 3.05) is 6.61 Å². The molecule has 0 radical (unpaired) electrons. The second-order valence-corrected chi connectivity index (χ2v) is 6.75. The molecule has 0 aliphatic rings. The maximum absolute atomic E-state index is 5.75. The highest BCUT2D eigenvalue weighted by molar-refractivity contribution is 5.42. The highest BCUT2D eigenvalue weighted by atomic mass is 16.5. The zero-order valence-electron chi connectivity index (χ0n) is 17.1. The highest BCUT2D eigenvalue weighted by Gasteiger charge is 1.94. The van der Waals surface area contributed by atoms with Gasteiger partial charge in [-0.25, -0.2) is 0 Å². The topological polar surface area (TPSA) is 9.23 Å². The Bertz CT molecular complexity index is 834. The first-order valence-electron chi connectivity index (χ1n) is 10.3. The number of hydrogen-bond acceptors (Lipinski definition) is 1. The summed E-state index contributed by atoms with van der Waals surface area (Å²) in [6.07, 6.45) is 10.7. The first kappa shape index (κ1) is 21.4. The van der Waals surface area contributed by atoms with Crippen LogP contribution in [-0.2, 0) is 6.42 Å². The Morgan fingerprint density at radius 1 is 0.714 bits per heavy atom. The van der Waals surface area contributed by atoms with E-state index in [9.17, 15) is 0 Å². The third-order valence-electron chi connectivity index (χ3n) is 4.30. The summed E-state index contributed by atoms with van der Waals surface area (Å²) in [5.74, 6) is 13.2. The lowest BCUT2D eigenvalue weighted by molar-refractivity contribution is 0.305. The smallest absolute Gasteiger partial charge is 0.119 e. The number of unbranched alkanes of at least 4 members (excludes halogenated alkanes) is 3. The van der Waals surface area contributed by atoms with Gasteiger partial charge in [-0.15, -0.1) is 0 Å². The van der Waals surface area contributed by atoms with Crippen molar-refractivity contribution in [3.8, 4) is 29.4 Å². The molecule has 0 unspecified atom stereocenters. The van der Waals surface area contributed by atoms with Crippen LogP contribution in [0, 0.1) is 23.7 Å². The molecule has 0 heterocycles. The quantitative estimate of drug-likeness (QED) is 0.378. The molecule has 0 N–H and O–H groups in total. The summed E-state index contributed by atoms with van der Waals surface area (Å²) in [7, 11) is 0. The normalized spacial score (nSPS) is 10.1. The van der Waals surface area contributed by atoms with E-state index >= 15 is 0 Å². The number of allylic oxidation sites excluding steroid dienone is 2. The first-order valence-corrected chi connectivity index (χ1v) is 10.3. The van der Waals surface area contributed by atoms with Gasteiger partial charge in [-0.1, -0.05) is 75.3 Å². The van der Waals surface area contributed by atoms with Crippen LogP contribution in [-0.4, -0.2) is 6.61 Å². The molecule has 0 aliphatic carbocycles. The summed E-state index contributed by atoms with van der Waals surface area (Å²) in [5, 5.41) is 0. The van der Waals surface area contributed by atoms with Crippen LogP contribution in [0.2, 0.25) is 0 Å². The lowest BCUT2D eigenvalue weighted by atomic mass is 10.1. The van der Waals surface area contributed by atoms with E-state index in [4.69, 9.17) is 4.74 Å². The molecule has 0 saturated heterocycles. The summed E-state index contributed by atoms with van der Waals surface area (Å²) < 4.78 is 5.75. The van der Waals surface area contributed by atoms with Crippen LogP contribution in [0.4, 0.5) is 0 Å². The van der Waals surface area contributed by atoms with Gasteiger partial charge in [0.1, 0.15) is 5.75 Å². The Morgan fingerprint density at radius 2 is 1.32 bits per heavy atom. The fraction of sp³-hybridized carbons (Fsp3) is 0.333. The van der Waals surface area contributed by atoms with Crippen molar-refractivity contribution >= 4 is 0 Å². The molecule has 0 amide bonds. The Morgan fingerprint density at radius 3 is 1.89 bits per heavy atom. The Kier molecular flexibility index (Phi) is 10.2. The van der Waals surface area contributed by atoms with E-state index in [2.05, 4.69) is 61.8 Å². The van der Waals surface area contributed by atoms with Crippen molar-refractivity contribution in [3.63, 3.8) is 0 Å². The molecule has 0 aliphatic heterocycles. The van der Waals surface area contributed by atoms with E-state index in [0.29, 0.717) is 0 Å². The van der Waals surface area contributed by atoms with Gasteiger partial charge < -0.3 is 4.74 Å². The molecule has 0 spiro atoms. The molecule has 0 atom stereocenters. The molecule has 2 aromatic carbocycles. The van der Waals surface area contributed by atoms with Crippen molar-refractivity contribution in [2.45, 2.75) is 52.4 Å². The Balaban J connectivity index is 1.77. The summed E-state index contributed by atoms with van der Waals surface area (Å²) in [5.41, 5.74) is 3.37. The average Bonchev–Trinajstić information content (AvgIpc) is 2.73. The largest absolute Gasteiger partial charge is 0.494 e. The van der Waals surface area contributed by atoms with Crippen LogP contribution < -0.4 is 4.74 Å². The maximum atomic E-state index is 5.75. The predicted molar refractivity (Wildman–Crippen MR) is 119 cm³/mol. The monoisotopic (exact) mass is 370 g/mol. The van der Waals surface area contributed by atoms with Crippen LogP contribution >= 0.6 is 0 Å². The highest BCUT2D eigenvalue weighted by Crippen LogP contribution is 2.12. The van der Waals surface area contributed by atoms with Crippen LogP contribution in [0.15, 0.2) is 60.7 Å². The van der Waals surface area contributed by atoms with Crippen LogP contribution in [0.5, 0.6) is 5.75 Å². The zero-order valence-corrected chi connectivity index (χ0v) is 17.1. The van der Waals surface area contributed by atoms with Gasteiger partial charge >= 0.3 is 0 Å². The Labute approximate surface area is 170 Å². The maximum Gasteiger partial charge on any atom is 0.119 e. The lowest BCUT2D eigenvalue weighted by Gasteiger charge is -2.05. The number of rotatable bonds is 8. The third kappa shape index (κ3) is 8.66. The molecule has 1 heteroatoms. The van der Waals surface area contributed by atoms with Gasteiger partial charge in [0.15, 0.2) is 0 Å². The van der Waals surface area contributed by atoms with Gasteiger partial charge in [0.05, 0.1) is 6.61 Å². The number of ether oxygens (including phenoxy) is 1. The van der Waals surface area contributed by atoms with Crippen molar-refractivity contribution < 1.29 is 4.74 Å². The minimum absolute atomic E-state index is 0.785. The lowest BCUT2D eigenvalue weighted by Crippen LogP contribution is -1.96. The third-order valence-corrected chi connectivity index (χ3v) is 4.30. The fourth-order valence-electron chi connectivity index (χ4n) is 2.73. The van der Waals surface area contributed by atoms with E-state index < -0.39 is 0 Å². The summed E-state index contributed by atoms with van der Waals surface area (Å²) in [4.78, 5) is 0. The summed E-state index contributed by atoms with van der Waals surface area (Å²) >= 11 is 0.